The van der Waals surface area contributed by atoms with Gasteiger partial charge in [-0.1, -0.05) is 13.0 Å². The average Bonchev–Trinajstić information content (AvgIpc) is 3.00. The molecule has 1 aliphatic heterocycles. The van der Waals surface area contributed by atoms with E-state index in [1.807, 2.05) is 20.8 Å². The average molecular weight is 324 g/mol. The second-order valence-electron chi connectivity index (χ2n) is 5.91. The lowest BCUT2D eigenvalue weighted by atomic mass is 10.1. The van der Waals surface area contributed by atoms with Crippen LogP contribution >= 0.6 is 0 Å². The van der Waals surface area contributed by atoms with Crippen LogP contribution in [0.4, 0.5) is 0 Å². The highest BCUT2D eigenvalue weighted by atomic mass is 32.2. The third kappa shape index (κ3) is 3.67. The molecular formula is C16H24N2O3S. The Balaban J connectivity index is 2.32. The van der Waals surface area contributed by atoms with E-state index in [1.165, 1.54) is 6.07 Å². The van der Waals surface area contributed by atoms with Gasteiger partial charge in [-0.15, -0.1) is 0 Å². The highest BCUT2D eigenvalue weighted by Gasteiger charge is 2.24. The number of carbonyl (C=O) groups excluding carboxylic acids is 1. The topological polar surface area (TPSA) is 66.5 Å². The van der Waals surface area contributed by atoms with Crippen LogP contribution in [0, 0.1) is 6.92 Å². The number of rotatable bonds is 5. The van der Waals surface area contributed by atoms with Gasteiger partial charge in [0.2, 0.25) is 10.0 Å². The number of nitrogens with zero attached hydrogens (tertiary/aromatic N) is 1. The Kier molecular flexibility index (Phi) is 5.24. The van der Waals surface area contributed by atoms with E-state index >= 15 is 0 Å². The molecule has 1 amide bonds. The van der Waals surface area contributed by atoms with Crippen LogP contribution in [0.1, 0.15) is 49.0 Å². The number of hydrogen-bond acceptors (Lipinski definition) is 3. The first-order chi connectivity index (χ1) is 10.3. The fourth-order valence-electron chi connectivity index (χ4n) is 2.51. The van der Waals surface area contributed by atoms with Crippen molar-refractivity contribution in [2.75, 3.05) is 13.1 Å². The molecule has 1 saturated heterocycles. The predicted octanol–water partition coefficient (Wildman–Crippen LogP) is 2.31. The summed E-state index contributed by atoms with van der Waals surface area (Å²) >= 11 is 0. The predicted molar refractivity (Wildman–Crippen MR) is 86.4 cm³/mol. The van der Waals surface area contributed by atoms with Crippen LogP contribution in [0.3, 0.4) is 0 Å². The van der Waals surface area contributed by atoms with Crippen molar-refractivity contribution in [1.29, 1.82) is 0 Å². The van der Waals surface area contributed by atoms with Gasteiger partial charge < -0.3 is 4.90 Å². The van der Waals surface area contributed by atoms with Crippen molar-refractivity contribution in [2.24, 2.45) is 0 Å². The SMILES string of the molecule is CC[C@@H](C)NS(=O)(=O)c1ccc(C)c(C(=O)N2CCCC2)c1. The molecule has 1 atom stereocenters. The maximum atomic E-state index is 12.5. The van der Waals surface area contributed by atoms with Gasteiger partial charge in [0.15, 0.2) is 0 Å². The van der Waals surface area contributed by atoms with Crippen LogP contribution in [0.25, 0.3) is 0 Å². The van der Waals surface area contributed by atoms with E-state index < -0.39 is 10.0 Å². The Morgan fingerprint density at radius 2 is 1.95 bits per heavy atom. The fourth-order valence-corrected chi connectivity index (χ4v) is 3.86. The summed E-state index contributed by atoms with van der Waals surface area (Å²) in [5.41, 5.74) is 1.29. The highest BCUT2D eigenvalue weighted by molar-refractivity contribution is 7.89. The zero-order chi connectivity index (χ0) is 16.3. The van der Waals surface area contributed by atoms with E-state index in [4.69, 9.17) is 0 Å². The Hall–Kier alpha value is -1.40. The molecule has 0 saturated carbocycles. The first kappa shape index (κ1) is 17.0. The van der Waals surface area contributed by atoms with Gasteiger partial charge in [-0.25, -0.2) is 13.1 Å². The number of likely N-dealkylation sites (tertiary alicyclic amines) is 1. The van der Waals surface area contributed by atoms with Crippen LogP contribution in [-0.2, 0) is 10.0 Å². The molecule has 5 nitrogen and oxygen atoms in total. The summed E-state index contributed by atoms with van der Waals surface area (Å²) in [6.45, 7) is 7.08. The highest BCUT2D eigenvalue weighted by Crippen LogP contribution is 2.20. The lowest BCUT2D eigenvalue weighted by Crippen LogP contribution is -2.32. The first-order valence-corrected chi connectivity index (χ1v) is 9.25. The molecule has 0 bridgehead atoms. The van der Waals surface area contributed by atoms with Crippen molar-refractivity contribution < 1.29 is 13.2 Å². The third-order valence-corrected chi connectivity index (χ3v) is 5.70. The summed E-state index contributed by atoms with van der Waals surface area (Å²) < 4.78 is 27.4. The van der Waals surface area contributed by atoms with Gasteiger partial charge in [0.1, 0.15) is 0 Å². The summed E-state index contributed by atoms with van der Waals surface area (Å²) in [4.78, 5) is 14.5. The molecule has 1 N–H and O–H groups in total. The molecule has 1 heterocycles. The number of carbonyl (C=O) groups is 1. The Morgan fingerprint density at radius 3 is 2.55 bits per heavy atom. The molecule has 2 rings (SSSR count). The van der Waals surface area contributed by atoms with Crippen LogP contribution in [0.15, 0.2) is 23.1 Å². The number of benzene rings is 1. The molecular weight excluding hydrogens is 300 g/mol. The molecule has 0 unspecified atom stereocenters. The Labute approximate surface area is 132 Å². The summed E-state index contributed by atoms with van der Waals surface area (Å²) in [6, 6.07) is 4.62. The second kappa shape index (κ2) is 6.79. The minimum atomic E-state index is -3.59. The maximum Gasteiger partial charge on any atom is 0.254 e. The zero-order valence-electron chi connectivity index (χ0n) is 13.4. The van der Waals surface area contributed by atoms with Crippen LogP contribution < -0.4 is 4.72 Å². The normalized spacial score (nSPS) is 16.8. The lowest BCUT2D eigenvalue weighted by Gasteiger charge is -2.18. The van der Waals surface area contributed by atoms with Gasteiger partial charge in [-0.05, 0) is 50.8 Å². The van der Waals surface area contributed by atoms with Crippen molar-refractivity contribution in [3.05, 3.63) is 29.3 Å². The van der Waals surface area contributed by atoms with Crippen molar-refractivity contribution in [3.8, 4) is 0 Å². The minimum absolute atomic E-state index is 0.0735. The maximum absolute atomic E-state index is 12.5. The van der Waals surface area contributed by atoms with E-state index in [9.17, 15) is 13.2 Å². The van der Waals surface area contributed by atoms with Crippen molar-refractivity contribution >= 4 is 15.9 Å². The van der Waals surface area contributed by atoms with Gasteiger partial charge >= 0.3 is 0 Å². The third-order valence-electron chi connectivity index (χ3n) is 4.11. The molecule has 1 fully saturated rings. The van der Waals surface area contributed by atoms with Crippen molar-refractivity contribution in [1.82, 2.24) is 9.62 Å². The fraction of sp³-hybridized carbons (Fsp3) is 0.562. The number of aryl methyl sites for hydroxylation is 1. The minimum Gasteiger partial charge on any atom is -0.339 e. The van der Waals surface area contributed by atoms with E-state index in [0.717, 1.165) is 31.5 Å². The zero-order valence-corrected chi connectivity index (χ0v) is 14.2. The molecule has 0 spiro atoms. The smallest absolute Gasteiger partial charge is 0.254 e. The van der Waals surface area contributed by atoms with Gasteiger partial charge in [0.25, 0.3) is 5.91 Å². The largest absolute Gasteiger partial charge is 0.339 e. The van der Waals surface area contributed by atoms with Crippen molar-refractivity contribution in [3.63, 3.8) is 0 Å². The van der Waals surface area contributed by atoms with Crippen molar-refractivity contribution in [2.45, 2.75) is 51.0 Å². The van der Waals surface area contributed by atoms with E-state index in [1.54, 1.807) is 17.0 Å². The van der Waals surface area contributed by atoms with E-state index in [2.05, 4.69) is 4.72 Å². The monoisotopic (exact) mass is 324 g/mol. The molecule has 122 valence electrons. The second-order valence-corrected chi connectivity index (χ2v) is 7.62. The van der Waals surface area contributed by atoms with Gasteiger partial charge in [-0.2, -0.15) is 0 Å². The molecule has 0 aliphatic carbocycles. The standard InChI is InChI=1S/C16H24N2O3S/c1-4-13(3)17-22(20,21)14-8-7-12(2)15(11-14)16(19)18-9-5-6-10-18/h7-8,11,13,17H,4-6,9-10H2,1-3H3/t13-/m1/s1. The number of hydrogen-bond donors (Lipinski definition) is 1. The molecule has 6 heteroatoms. The summed E-state index contributed by atoms with van der Waals surface area (Å²) in [7, 11) is -3.59. The number of amides is 1. The number of sulfonamides is 1. The van der Waals surface area contributed by atoms with E-state index in [0.29, 0.717) is 12.0 Å². The molecule has 0 radical (unpaired) electrons. The molecule has 1 aromatic rings. The quantitative estimate of drug-likeness (QED) is 0.904. The van der Waals surface area contributed by atoms with Crippen LogP contribution in [0.2, 0.25) is 0 Å². The lowest BCUT2D eigenvalue weighted by molar-refractivity contribution is 0.0792. The van der Waals surface area contributed by atoms with Gasteiger partial charge in [0.05, 0.1) is 4.90 Å². The van der Waals surface area contributed by atoms with Crippen LogP contribution in [0.5, 0.6) is 0 Å². The summed E-state index contributed by atoms with van der Waals surface area (Å²) in [6.07, 6.45) is 2.74. The Morgan fingerprint density at radius 1 is 1.32 bits per heavy atom. The van der Waals surface area contributed by atoms with Crippen LogP contribution in [-0.4, -0.2) is 38.4 Å². The Bertz CT molecular complexity index is 649. The summed E-state index contributed by atoms with van der Waals surface area (Å²) in [5.74, 6) is -0.0735. The summed E-state index contributed by atoms with van der Waals surface area (Å²) in [5, 5.41) is 0. The number of nitrogens with one attached hydrogen (secondary N) is 1. The van der Waals surface area contributed by atoms with E-state index in [-0.39, 0.29) is 16.8 Å². The van der Waals surface area contributed by atoms with Gasteiger partial charge in [0, 0.05) is 24.7 Å². The molecule has 1 aromatic carbocycles. The first-order valence-electron chi connectivity index (χ1n) is 7.77. The molecule has 1 aliphatic rings. The molecule has 22 heavy (non-hydrogen) atoms. The molecule has 0 aromatic heterocycles. The van der Waals surface area contributed by atoms with Gasteiger partial charge in [-0.3, -0.25) is 4.79 Å².